The fourth-order valence-electron chi connectivity index (χ4n) is 4.21. The summed E-state index contributed by atoms with van der Waals surface area (Å²) in [7, 11) is 0. The first-order chi connectivity index (χ1) is 12.2. The molecule has 3 saturated heterocycles. The summed E-state index contributed by atoms with van der Waals surface area (Å²) in [4.78, 5) is 21.8. The SMILES string of the molecule is Cc1ccncc1C(=O)N1C[C@H]2CC[C@@H](C1)N(Cc1ccccc1)C2. The molecule has 0 aliphatic carbocycles. The molecule has 4 heteroatoms. The van der Waals surface area contributed by atoms with Gasteiger partial charge in [-0.1, -0.05) is 30.3 Å². The Morgan fingerprint density at radius 2 is 1.96 bits per heavy atom. The van der Waals surface area contributed by atoms with Gasteiger partial charge in [-0.25, -0.2) is 0 Å². The van der Waals surface area contributed by atoms with Crippen molar-refractivity contribution < 1.29 is 4.79 Å². The summed E-state index contributed by atoms with van der Waals surface area (Å²) in [5.74, 6) is 0.715. The third kappa shape index (κ3) is 3.45. The molecule has 3 aliphatic heterocycles. The number of pyridine rings is 1. The number of amides is 1. The maximum absolute atomic E-state index is 13.0. The Hall–Kier alpha value is -2.20. The van der Waals surface area contributed by atoms with Crippen LogP contribution in [-0.4, -0.2) is 46.4 Å². The summed E-state index contributed by atoms with van der Waals surface area (Å²) in [6.07, 6.45) is 5.88. The predicted octanol–water partition coefficient (Wildman–Crippen LogP) is 3.13. The number of aryl methyl sites for hydroxylation is 1. The van der Waals surface area contributed by atoms with Gasteiger partial charge in [-0.05, 0) is 42.9 Å². The molecule has 0 spiro atoms. The van der Waals surface area contributed by atoms with Gasteiger partial charge in [-0.3, -0.25) is 14.7 Å². The van der Waals surface area contributed by atoms with Crippen LogP contribution in [0.4, 0.5) is 0 Å². The van der Waals surface area contributed by atoms with E-state index in [1.807, 2.05) is 13.0 Å². The molecule has 2 atom stereocenters. The van der Waals surface area contributed by atoms with Gasteiger partial charge in [0, 0.05) is 44.6 Å². The highest BCUT2D eigenvalue weighted by Gasteiger charge is 2.36. The van der Waals surface area contributed by atoms with Gasteiger partial charge in [0.1, 0.15) is 0 Å². The first-order valence-corrected chi connectivity index (χ1v) is 9.18. The van der Waals surface area contributed by atoms with Gasteiger partial charge in [0.25, 0.3) is 5.91 Å². The summed E-state index contributed by atoms with van der Waals surface area (Å²) in [6, 6.07) is 13.0. The van der Waals surface area contributed by atoms with E-state index in [0.717, 1.165) is 37.3 Å². The summed E-state index contributed by atoms with van der Waals surface area (Å²) in [5.41, 5.74) is 3.12. The molecule has 3 aliphatic rings. The van der Waals surface area contributed by atoms with Crippen LogP contribution < -0.4 is 0 Å². The van der Waals surface area contributed by atoms with Crippen LogP contribution >= 0.6 is 0 Å². The monoisotopic (exact) mass is 335 g/mol. The van der Waals surface area contributed by atoms with Gasteiger partial charge < -0.3 is 4.90 Å². The molecule has 2 aromatic rings. The van der Waals surface area contributed by atoms with Crippen molar-refractivity contribution in [2.45, 2.75) is 32.4 Å². The normalized spacial score (nSPS) is 23.5. The largest absolute Gasteiger partial charge is 0.337 e. The number of aromatic nitrogens is 1. The Labute approximate surface area is 149 Å². The summed E-state index contributed by atoms with van der Waals surface area (Å²) < 4.78 is 0. The fraction of sp³-hybridized carbons (Fsp3) is 0.429. The first-order valence-electron chi connectivity index (χ1n) is 9.18. The molecule has 0 saturated carbocycles. The van der Waals surface area contributed by atoms with E-state index in [-0.39, 0.29) is 5.91 Å². The van der Waals surface area contributed by atoms with Crippen LogP contribution in [0.1, 0.15) is 34.3 Å². The molecule has 3 fully saturated rings. The smallest absolute Gasteiger partial charge is 0.255 e. The zero-order chi connectivity index (χ0) is 17.2. The van der Waals surface area contributed by atoms with Gasteiger partial charge in [0.15, 0.2) is 0 Å². The molecule has 1 amide bonds. The number of carbonyl (C=O) groups excluding carboxylic acids is 1. The lowest BCUT2D eigenvalue weighted by Crippen LogP contribution is -2.44. The minimum Gasteiger partial charge on any atom is -0.337 e. The lowest BCUT2D eigenvalue weighted by Gasteiger charge is -2.36. The van der Waals surface area contributed by atoms with Crippen molar-refractivity contribution in [3.05, 3.63) is 65.5 Å². The number of piperidine rings is 1. The molecule has 0 radical (unpaired) electrons. The zero-order valence-electron chi connectivity index (χ0n) is 14.8. The number of benzene rings is 1. The molecule has 4 nitrogen and oxygen atoms in total. The molecule has 4 heterocycles. The fourth-order valence-corrected chi connectivity index (χ4v) is 4.21. The van der Waals surface area contributed by atoms with Crippen molar-refractivity contribution in [3.8, 4) is 0 Å². The minimum absolute atomic E-state index is 0.143. The van der Waals surface area contributed by atoms with Gasteiger partial charge in [-0.2, -0.15) is 0 Å². The molecular formula is C21H25N3O. The molecule has 2 bridgehead atoms. The molecule has 1 aromatic heterocycles. The van der Waals surface area contributed by atoms with E-state index in [2.05, 4.69) is 45.1 Å². The van der Waals surface area contributed by atoms with E-state index in [1.165, 1.54) is 18.4 Å². The van der Waals surface area contributed by atoms with E-state index in [4.69, 9.17) is 0 Å². The number of rotatable bonds is 3. The van der Waals surface area contributed by atoms with Crippen LogP contribution in [0.15, 0.2) is 48.8 Å². The summed E-state index contributed by atoms with van der Waals surface area (Å²) >= 11 is 0. The standard InChI is InChI=1S/C21H25N3O/c1-16-9-10-22-11-20(16)21(25)24-14-18-7-8-19(15-24)23(13-18)12-17-5-3-2-4-6-17/h2-6,9-11,18-19H,7-8,12-15H2,1H3/t18-,19-/m0/s1. The van der Waals surface area contributed by atoms with E-state index in [1.54, 1.807) is 12.4 Å². The molecule has 1 aromatic carbocycles. The maximum atomic E-state index is 13.0. The van der Waals surface area contributed by atoms with E-state index in [9.17, 15) is 4.79 Å². The van der Waals surface area contributed by atoms with Gasteiger partial charge in [0.2, 0.25) is 0 Å². The van der Waals surface area contributed by atoms with Crippen molar-refractivity contribution >= 4 is 5.91 Å². The van der Waals surface area contributed by atoms with Crippen LogP contribution in [0.25, 0.3) is 0 Å². The lowest BCUT2D eigenvalue weighted by atomic mass is 9.94. The third-order valence-electron chi connectivity index (χ3n) is 5.61. The van der Waals surface area contributed by atoms with Gasteiger partial charge in [-0.15, -0.1) is 0 Å². The second-order valence-electron chi connectivity index (χ2n) is 7.41. The number of carbonyl (C=O) groups is 1. The molecule has 5 rings (SSSR count). The van der Waals surface area contributed by atoms with Crippen LogP contribution in [0, 0.1) is 12.8 Å². The Kier molecular flexibility index (Phi) is 4.53. The third-order valence-corrected chi connectivity index (χ3v) is 5.61. The van der Waals surface area contributed by atoms with Gasteiger partial charge in [0.05, 0.1) is 5.56 Å². The lowest BCUT2D eigenvalue weighted by molar-refractivity contribution is 0.0735. The highest BCUT2D eigenvalue weighted by atomic mass is 16.2. The number of fused-ring (bicyclic) bond motifs is 4. The topological polar surface area (TPSA) is 36.4 Å². The Morgan fingerprint density at radius 1 is 1.12 bits per heavy atom. The maximum Gasteiger partial charge on any atom is 0.255 e. The molecular weight excluding hydrogens is 310 g/mol. The highest BCUT2D eigenvalue weighted by molar-refractivity contribution is 5.95. The van der Waals surface area contributed by atoms with Crippen LogP contribution in [-0.2, 0) is 6.54 Å². The Balaban J connectivity index is 1.51. The van der Waals surface area contributed by atoms with Crippen LogP contribution in [0.2, 0.25) is 0 Å². The number of nitrogens with zero attached hydrogens (tertiary/aromatic N) is 3. The van der Waals surface area contributed by atoms with Crippen molar-refractivity contribution in [2.24, 2.45) is 5.92 Å². The first kappa shape index (κ1) is 16.3. The molecule has 25 heavy (non-hydrogen) atoms. The van der Waals surface area contributed by atoms with Gasteiger partial charge >= 0.3 is 0 Å². The minimum atomic E-state index is 0.143. The van der Waals surface area contributed by atoms with Crippen molar-refractivity contribution in [1.29, 1.82) is 0 Å². The van der Waals surface area contributed by atoms with Crippen LogP contribution in [0.5, 0.6) is 0 Å². The van der Waals surface area contributed by atoms with Crippen molar-refractivity contribution in [2.75, 3.05) is 19.6 Å². The van der Waals surface area contributed by atoms with E-state index >= 15 is 0 Å². The average Bonchev–Trinajstić information content (AvgIpc) is 2.94. The van der Waals surface area contributed by atoms with E-state index < -0.39 is 0 Å². The second kappa shape index (κ2) is 6.96. The Morgan fingerprint density at radius 3 is 2.76 bits per heavy atom. The summed E-state index contributed by atoms with van der Waals surface area (Å²) in [5, 5.41) is 0. The quantitative estimate of drug-likeness (QED) is 0.865. The highest BCUT2D eigenvalue weighted by Crippen LogP contribution is 2.30. The molecule has 0 N–H and O–H groups in total. The number of hydrogen-bond acceptors (Lipinski definition) is 3. The van der Waals surface area contributed by atoms with E-state index in [0.29, 0.717) is 12.0 Å². The Bertz CT molecular complexity index is 746. The van der Waals surface area contributed by atoms with Crippen molar-refractivity contribution in [3.63, 3.8) is 0 Å². The zero-order valence-corrected chi connectivity index (χ0v) is 14.8. The molecule has 130 valence electrons. The van der Waals surface area contributed by atoms with Crippen LogP contribution in [0.3, 0.4) is 0 Å². The van der Waals surface area contributed by atoms with Crippen molar-refractivity contribution in [1.82, 2.24) is 14.8 Å². The molecule has 0 unspecified atom stereocenters. The predicted molar refractivity (Wildman–Crippen MR) is 98.2 cm³/mol. The second-order valence-corrected chi connectivity index (χ2v) is 7.41. The number of hydrogen-bond donors (Lipinski definition) is 0. The summed E-state index contributed by atoms with van der Waals surface area (Å²) in [6.45, 7) is 5.76. The average molecular weight is 335 g/mol.